The quantitative estimate of drug-likeness (QED) is 0.298. The number of amides is 2. The van der Waals surface area contributed by atoms with Crippen molar-refractivity contribution in [1.29, 1.82) is 0 Å². The molecule has 0 aromatic heterocycles. The van der Waals surface area contributed by atoms with Crippen LogP contribution in [0.5, 0.6) is 23.0 Å². The van der Waals surface area contributed by atoms with Crippen molar-refractivity contribution in [3.8, 4) is 23.0 Å². The summed E-state index contributed by atoms with van der Waals surface area (Å²) < 4.78 is 16.6. The second-order valence-electron chi connectivity index (χ2n) is 6.85. The van der Waals surface area contributed by atoms with Gasteiger partial charge in [0.15, 0.2) is 11.5 Å². The predicted octanol–water partition coefficient (Wildman–Crippen LogP) is 4.20. The monoisotopic (exact) mass is 527 g/mol. The summed E-state index contributed by atoms with van der Waals surface area (Å²) in [5, 5.41) is 16.4. The molecule has 3 aromatic carbocycles. The van der Waals surface area contributed by atoms with E-state index in [9.17, 15) is 14.7 Å². The van der Waals surface area contributed by atoms with E-state index in [0.29, 0.717) is 39.6 Å². The van der Waals surface area contributed by atoms with Gasteiger partial charge in [-0.2, -0.15) is 5.10 Å². The molecule has 34 heavy (non-hydrogen) atoms. The molecule has 0 aliphatic rings. The van der Waals surface area contributed by atoms with E-state index in [1.807, 2.05) is 0 Å². The molecular weight excluding hydrogens is 506 g/mol. The van der Waals surface area contributed by atoms with Gasteiger partial charge in [-0.05, 0) is 54.6 Å². The Kier molecular flexibility index (Phi) is 8.10. The lowest BCUT2D eigenvalue weighted by atomic mass is 10.1. The normalized spacial score (nSPS) is 10.6. The van der Waals surface area contributed by atoms with Crippen LogP contribution in [0.25, 0.3) is 0 Å². The molecule has 0 saturated heterocycles. The number of anilines is 1. The van der Waals surface area contributed by atoms with Gasteiger partial charge in [0.1, 0.15) is 5.75 Å². The van der Waals surface area contributed by atoms with Crippen LogP contribution in [0.4, 0.5) is 5.69 Å². The highest BCUT2D eigenvalue weighted by atomic mass is 79.9. The molecule has 9 nitrogen and oxygen atoms in total. The summed E-state index contributed by atoms with van der Waals surface area (Å²) in [6, 6.07) is 14.2. The third-order valence-electron chi connectivity index (χ3n) is 4.69. The maximum absolute atomic E-state index is 12.7. The number of hydrogen-bond acceptors (Lipinski definition) is 7. The van der Waals surface area contributed by atoms with Crippen molar-refractivity contribution in [3.05, 3.63) is 75.8 Å². The van der Waals surface area contributed by atoms with E-state index in [2.05, 4.69) is 31.8 Å². The summed E-state index contributed by atoms with van der Waals surface area (Å²) >= 11 is 3.31. The smallest absolute Gasteiger partial charge is 0.271 e. The molecule has 0 atom stereocenters. The molecule has 0 heterocycles. The Bertz CT molecular complexity index is 1200. The van der Waals surface area contributed by atoms with Gasteiger partial charge in [-0.25, -0.2) is 5.43 Å². The van der Waals surface area contributed by atoms with Gasteiger partial charge in [-0.3, -0.25) is 9.59 Å². The van der Waals surface area contributed by atoms with Crippen LogP contribution in [0, 0.1) is 0 Å². The number of nitrogens with zero attached hydrogens (tertiary/aromatic N) is 1. The molecule has 0 spiro atoms. The Morgan fingerprint density at radius 3 is 2.12 bits per heavy atom. The molecule has 176 valence electrons. The molecule has 2 amide bonds. The van der Waals surface area contributed by atoms with Crippen LogP contribution in [0.3, 0.4) is 0 Å². The first kappa shape index (κ1) is 24.6. The van der Waals surface area contributed by atoms with Crippen molar-refractivity contribution in [2.45, 2.75) is 0 Å². The number of rotatable bonds is 8. The van der Waals surface area contributed by atoms with E-state index in [0.717, 1.165) is 4.47 Å². The van der Waals surface area contributed by atoms with Gasteiger partial charge >= 0.3 is 0 Å². The highest BCUT2D eigenvalue weighted by Crippen LogP contribution is 2.38. The zero-order valence-electron chi connectivity index (χ0n) is 18.6. The fourth-order valence-electron chi connectivity index (χ4n) is 2.97. The van der Waals surface area contributed by atoms with Gasteiger partial charge in [0.05, 0.1) is 27.5 Å². The first-order valence-corrected chi connectivity index (χ1v) is 10.7. The van der Waals surface area contributed by atoms with E-state index in [1.165, 1.54) is 33.6 Å². The van der Waals surface area contributed by atoms with Crippen molar-refractivity contribution in [2.24, 2.45) is 5.10 Å². The topological polar surface area (TPSA) is 118 Å². The van der Waals surface area contributed by atoms with Gasteiger partial charge in [-0.15, -0.1) is 0 Å². The molecule has 0 unspecified atom stereocenters. The molecule has 0 radical (unpaired) electrons. The SMILES string of the molecule is COc1cc(C(=O)Nc2ccc(C(=O)N/N=C\c3cc(Br)ccc3O)cc2)cc(OC)c1OC. The minimum Gasteiger partial charge on any atom is -0.507 e. The number of aromatic hydroxyl groups is 1. The predicted molar refractivity (Wildman–Crippen MR) is 131 cm³/mol. The van der Waals surface area contributed by atoms with Crippen molar-refractivity contribution in [1.82, 2.24) is 5.43 Å². The minimum absolute atomic E-state index is 0.0355. The van der Waals surface area contributed by atoms with Crippen LogP contribution >= 0.6 is 15.9 Å². The Hall–Kier alpha value is -4.05. The number of hydrogen-bond donors (Lipinski definition) is 3. The summed E-state index contributed by atoms with van der Waals surface area (Å²) in [6.45, 7) is 0. The van der Waals surface area contributed by atoms with Crippen LogP contribution in [-0.2, 0) is 0 Å². The number of carbonyl (C=O) groups is 2. The Morgan fingerprint density at radius 2 is 1.53 bits per heavy atom. The highest BCUT2D eigenvalue weighted by Gasteiger charge is 2.17. The van der Waals surface area contributed by atoms with Crippen LogP contribution in [0.2, 0.25) is 0 Å². The van der Waals surface area contributed by atoms with E-state index in [4.69, 9.17) is 14.2 Å². The standard InChI is InChI=1S/C24H22BrN3O6/c1-32-20-11-15(12-21(33-2)22(20)34-3)23(30)27-18-7-4-14(5-8-18)24(31)28-26-13-16-10-17(25)6-9-19(16)29/h4-13,29H,1-3H3,(H,27,30)(H,28,31)/b26-13-. The summed E-state index contributed by atoms with van der Waals surface area (Å²) in [7, 11) is 4.41. The molecule has 0 bridgehead atoms. The van der Waals surface area contributed by atoms with Crippen LogP contribution in [0.15, 0.2) is 64.2 Å². The van der Waals surface area contributed by atoms with E-state index < -0.39 is 11.8 Å². The number of carbonyl (C=O) groups excluding carboxylic acids is 2. The van der Waals surface area contributed by atoms with Gasteiger partial charge in [0.25, 0.3) is 11.8 Å². The zero-order chi connectivity index (χ0) is 24.7. The number of methoxy groups -OCH3 is 3. The average molecular weight is 528 g/mol. The number of nitrogens with one attached hydrogen (secondary N) is 2. The zero-order valence-corrected chi connectivity index (χ0v) is 20.2. The number of hydrazone groups is 1. The Balaban J connectivity index is 1.66. The number of ether oxygens (including phenoxy) is 3. The van der Waals surface area contributed by atoms with Crippen molar-refractivity contribution < 1.29 is 28.9 Å². The van der Waals surface area contributed by atoms with E-state index >= 15 is 0 Å². The molecule has 0 aliphatic heterocycles. The Morgan fingerprint density at radius 1 is 0.882 bits per heavy atom. The Labute approximate surface area is 204 Å². The average Bonchev–Trinajstić information content (AvgIpc) is 2.85. The van der Waals surface area contributed by atoms with Crippen LogP contribution in [-0.4, -0.2) is 44.5 Å². The lowest BCUT2D eigenvalue weighted by Crippen LogP contribution is -2.18. The van der Waals surface area contributed by atoms with E-state index in [-0.39, 0.29) is 5.75 Å². The lowest BCUT2D eigenvalue weighted by Gasteiger charge is -2.14. The molecule has 3 aromatic rings. The highest BCUT2D eigenvalue weighted by molar-refractivity contribution is 9.10. The summed E-state index contributed by atoms with van der Waals surface area (Å²) in [5.41, 5.74) is 3.96. The summed E-state index contributed by atoms with van der Waals surface area (Å²) in [5.74, 6) is 0.290. The first-order chi connectivity index (χ1) is 16.4. The van der Waals surface area contributed by atoms with Gasteiger partial charge < -0.3 is 24.6 Å². The van der Waals surface area contributed by atoms with Gasteiger partial charge in [-0.1, -0.05) is 15.9 Å². The number of halogens is 1. The van der Waals surface area contributed by atoms with E-state index in [1.54, 1.807) is 48.5 Å². The lowest BCUT2D eigenvalue weighted by molar-refractivity contribution is 0.0954. The van der Waals surface area contributed by atoms with Crippen LogP contribution in [0.1, 0.15) is 26.3 Å². The fraction of sp³-hybridized carbons (Fsp3) is 0.125. The molecule has 0 saturated carbocycles. The second kappa shape index (κ2) is 11.2. The number of benzene rings is 3. The van der Waals surface area contributed by atoms with Gasteiger partial charge in [0.2, 0.25) is 5.75 Å². The van der Waals surface area contributed by atoms with Crippen LogP contribution < -0.4 is 25.0 Å². The molecule has 0 aliphatic carbocycles. The number of phenolic OH excluding ortho intramolecular Hbond substituents is 1. The fourth-order valence-corrected chi connectivity index (χ4v) is 3.35. The van der Waals surface area contributed by atoms with Gasteiger partial charge in [0, 0.05) is 26.9 Å². The third kappa shape index (κ3) is 5.84. The molecule has 3 rings (SSSR count). The van der Waals surface area contributed by atoms with Crippen molar-refractivity contribution in [3.63, 3.8) is 0 Å². The maximum Gasteiger partial charge on any atom is 0.271 e. The third-order valence-corrected chi connectivity index (χ3v) is 5.18. The molecule has 3 N–H and O–H groups in total. The molecule has 10 heteroatoms. The van der Waals surface area contributed by atoms with Crippen molar-refractivity contribution >= 4 is 39.6 Å². The minimum atomic E-state index is -0.451. The largest absolute Gasteiger partial charge is 0.507 e. The number of phenols is 1. The molecular formula is C24H22BrN3O6. The first-order valence-electron chi connectivity index (χ1n) is 9.89. The summed E-state index contributed by atoms with van der Waals surface area (Å²) in [4.78, 5) is 25.0. The van der Waals surface area contributed by atoms with Crippen molar-refractivity contribution in [2.75, 3.05) is 26.6 Å². The summed E-state index contributed by atoms with van der Waals surface area (Å²) in [6.07, 6.45) is 1.34. The molecule has 0 fully saturated rings. The maximum atomic E-state index is 12.7. The second-order valence-corrected chi connectivity index (χ2v) is 7.76.